The predicted octanol–water partition coefficient (Wildman–Crippen LogP) is 0.598. The van der Waals surface area contributed by atoms with Crippen molar-refractivity contribution in [3.05, 3.63) is 35.9 Å². The molecule has 1 aromatic carbocycles. The van der Waals surface area contributed by atoms with Gasteiger partial charge < -0.3 is 15.4 Å². The predicted molar refractivity (Wildman–Crippen MR) is 70.3 cm³/mol. The van der Waals surface area contributed by atoms with Crippen LogP contribution in [0.2, 0.25) is 0 Å². The number of carbonyl (C=O) groups excluding carboxylic acids is 2. The van der Waals surface area contributed by atoms with Crippen molar-refractivity contribution < 1.29 is 14.3 Å². The first kappa shape index (κ1) is 13.5. The molecule has 102 valence electrons. The van der Waals surface area contributed by atoms with Crippen LogP contribution in [0.4, 0.5) is 0 Å². The van der Waals surface area contributed by atoms with Crippen molar-refractivity contribution in [1.82, 2.24) is 10.6 Å². The Bertz CT molecular complexity index is 434. The average Bonchev–Trinajstić information content (AvgIpc) is 2.44. The van der Waals surface area contributed by atoms with Gasteiger partial charge in [-0.2, -0.15) is 0 Å². The van der Waals surface area contributed by atoms with Crippen LogP contribution >= 0.6 is 0 Å². The number of nitrogens with one attached hydrogen (secondary N) is 2. The van der Waals surface area contributed by atoms with Gasteiger partial charge in [-0.15, -0.1) is 0 Å². The third-order valence-corrected chi connectivity index (χ3v) is 2.94. The van der Waals surface area contributed by atoms with E-state index in [1.165, 1.54) is 0 Å². The molecule has 2 amide bonds. The number of β-lactam (4-membered cyclic amide) rings is 1. The number of benzene rings is 1. The monoisotopic (exact) mass is 262 g/mol. The molecule has 0 aliphatic carbocycles. The summed E-state index contributed by atoms with van der Waals surface area (Å²) in [6.45, 7) is 1.64. The number of rotatable bonds is 7. The molecule has 0 radical (unpaired) electrons. The van der Waals surface area contributed by atoms with Gasteiger partial charge in [0.25, 0.3) is 0 Å². The van der Waals surface area contributed by atoms with Crippen molar-refractivity contribution >= 4 is 11.8 Å². The van der Waals surface area contributed by atoms with Gasteiger partial charge in [0.15, 0.2) is 0 Å². The molecule has 0 spiro atoms. The van der Waals surface area contributed by atoms with Gasteiger partial charge in [0, 0.05) is 19.6 Å². The van der Waals surface area contributed by atoms with Gasteiger partial charge >= 0.3 is 0 Å². The topological polar surface area (TPSA) is 67.4 Å². The Kier molecular flexibility index (Phi) is 4.92. The Morgan fingerprint density at radius 1 is 1.37 bits per heavy atom. The standard InChI is InChI=1S/C14H18N2O3/c17-13(16-12-9-15-14(12)18)7-4-8-19-10-11-5-2-1-3-6-11/h1-3,5-6,12H,4,7-10H2,(H,15,18)(H,16,17). The minimum atomic E-state index is -0.335. The highest BCUT2D eigenvalue weighted by Gasteiger charge is 2.28. The lowest BCUT2D eigenvalue weighted by molar-refractivity contribution is -0.133. The van der Waals surface area contributed by atoms with E-state index in [1.54, 1.807) is 0 Å². The second kappa shape index (κ2) is 6.89. The molecule has 2 rings (SSSR count). The van der Waals surface area contributed by atoms with Crippen LogP contribution in [0.25, 0.3) is 0 Å². The van der Waals surface area contributed by atoms with Crippen molar-refractivity contribution in [3.8, 4) is 0 Å². The van der Waals surface area contributed by atoms with Gasteiger partial charge in [0.1, 0.15) is 6.04 Å². The van der Waals surface area contributed by atoms with E-state index in [0.29, 0.717) is 32.6 Å². The summed E-state index contributed by atoms with van der Waals surface area (Å²) < 4.78 is 5.48. The molecule has 1 aliphatic heterocycles. The third kappa shape index (κ3) is 4.37. The Balaban J connectivity index is 1.52. The number of ether oxygens (including phenoxy) is 1. The molecule has 0 saturated carbocycles. The van der Waals surface area contributed by atoms with Crippen LogP contribution in [0.1, 0.15) is 18.4 Å². The summed E-state index contributed by atoms with van der Waals surface area (Å²) in [7, 11) is 0. The number of carbonyl (C=O) groups is 2. The number of hydrogen-bond acceptors (Lipinski definition) is 3. The average molecular weight is 262 g/mol. The maximum atomic E-state index is 11.5. The number of hydrogen-bond donors (Lipinski definition) is 2. The highest BCUT2D eigenvalue weighted by atomic mass is 16.5. The van der Waals surface area contributed by atoms with Gasteiger partial charge in [-0.1, -0.05) is 30.3 Å². The molecule has 5 nitrogen and oxygen atoms in total. The van der Waals surface area contributed by atoms with Crippen molar-refractivity contribution in [2.75, 3.05) is 13.2 Å². The zero-order valence-corrected chi connectivity index (χ0v) is 10.7. The Hall–Kier alpha value is -1.88. The molecule has 0 bridgehead atoms. The van der Waals surface area contributed by atoms with Crippen LogP contribution in [-0.4, -0.2) is 31.0 Å². The van der Waals surface area contributed by atoms with Crippen molar-refractivity contribution in [3.63, 3.8) is 0 Å². The second-order valence-electron chi connectivity index (χ2n) is 4.51. The maximum Gasteiger partial charge on any atom is 0.244 e. The van der Waals surface area contributed by atoms with Crippen molar-refractivity contribution in [2.24, 2.45) is 0 Å². The van der Waals surface area contributed by atoms with E-state index >= 15 is 0 Å². The lowest BCUT2D eigenvalue weighted by Gasteiger charge is -2.26. The second-order valence-corrected chi connectivity index (χ2v) is 4.51. The molecular weight excluding hydrogens is 244 g/mol. The van der Waals surface area contributed by atoms with E-state index in [-0.39, 0.29) is 17.9 Å². The van der Waals surface area contributed by atoms with Gasteiger partial charge in [-0.3, -0.25) is 9.59 Å². The van der Waals surface area contributed by atoms with Crippen molar-refractivity contribution in [1.29, 1.82) is 0 Å². The van der Waals surface area contributed by atoms with Crippen LogP contribution < -0.4 is 10.6 Å². The highest BCUT2D eigenvalue weighted by Crippen LogP contribution is 2.02. The first-order chi connectivity index (χ1) is 9.25. The van der Waals surface area contributed by atoms with Crippen molar-refractivity contribution in [2.45, 2.75) is 25.5 Å². The van der Waals surface area contributed by atoms with Gasteiger partial charge in [0.2, 0.25) is 11.8 Å². The number of amides is 2. The summed E-state index contributed by atoms with van der Waals surface area (Å²) in [5, 5.41) is 5.25. The lowest BCUT2D eigenvalue weighted by Crippen LogP contribution is -2.61. The summed E-state index contributed by atoms with van der Waals surface area (Å²) in [5.74, 6) is -0.197. The van der Waals surface area contributed by atoms with E-state index in [1.807, 2.05) is 30.3 Å². The third-order valence-electron chi connectivity index (χ3n) is 2.94. The van der Waals surface area contributed by atoms with E-state index < -0.39 is 0 Å². The maximum absolute atomic E-state index is 11.5. The van der Waals surface area contributed by atoms with Crippen LogP contribution in [-0.2, 0) is 20.9 Å². The molecule has 5 heteroatoms. The highest BCUT2D eigenvalue weighted by molar-refractivity contribution is 5.92. The zero-order valence-electron chi connectivity index (χ0n) is 10.7. The fourth-order valence-corrected chi connectivity index (χ4v) is 1.77. The normalized spacial score (nSPS) is 17.5. The molecule has 1 aromatic rings. The fraction of sp³-hybridized carbons (Fsp3) is 0.429. The molecule has 1 atom stereocenters. The first-order valence-electron chi connectivity index (χ1n) is 6.44. The van der Waals surface area contributed by atoms with Crippen LogP contribution in [0.15, 0.2) is 30.3 Å². The molecular formula is C14H18N2O3. The smallest absolute Gasteiger partial charge is 0.244 e. The van der Waals surface area contributed by atoms with E-state index in [0.717, 1.165) is 5.56 Å². The fourth-order valence-electron chi connectivity index (χ4n) is 1.77. The largest absolute Gasteiger partial charge is 0.377 e. The molecule has 1 unspecified atom stereocenters. The van der Waals surface area contributed by atoms with Gasteiger partial charge in [0.05, 0.1) is 6.61 Å². The minimum Gasteiger partial charge on any atom is -0.377 e. The molecule has 1 heterocycles. The summed E-state index contributed by atoms with van der Waals surface area (Å²) in [6.07, 6.45) is 1.05. The Morgan fingerprint density at radius 3 is 2.79 bits per heavy atom. The zero-order chi connectivity index (χ0) is 13.5. The molecule has 19 heavy (non-hydrogen) atoms. The summed E-state index contributed by atoms with van der Waals surface area (Å²) >= 11 is 0. The molecule has 2 N–H and O–H groups in total. The summed E-state index contributed by atoms with van der Waals surface area (Å²) in [6, 6.07) is 9.57. The Labute approximate surface area is 112 Å². The quantitative estimate of drug-likeness (QED) is 0.558. The Morgan fingerprint density at radius 2 is 2.16 bits per heavy atom. The lowest BCUT2D eigenvalue weighted by atomic mass is 10.1. The molecule has 1 aliphatic rings. The van der Waals surface area contributed by atoms with Gasteiger partial charge in [-0.05, 0) is 12.0 Å². The van der Waals surface area contributed by atoms with E-state index in [9.17, 15) is 9.59 Å². The van der Waals surface area contributed by atoms with E-state index in [4.69, 9.17) is 4.74 Å². The minimum absolute atomic E-state index is 0.0943. The van der Waals surface area contributed by atoms with Crippen LogP contribution in [0, 0.1) is 0 Å². The SMILES string of the molecule is O=C(CCCOCc1ccccc1)NC1CNC1=O. The van der Waals surface area contributed by atoms with Crippen LogP contribution in [0.3, 0.4) is 0 Å². The molecule has 1 fully saturated rings. The summed E-state index contributed by atoms with van der Waals surface area (Å²) in [4.78, 5) is 22.4. The molecule has 1 saturated heterocycles. The first-order valence-corrected chi connectivity index (χ1v) is 6.44. The molecule has 0 aromatic heterocycles. The van der Waals surface area contributed by atoms with Gasteiger partial charge in [-0.25, -0.2) is 0 Å². The van der Waals surface area contributed by atoms with Crippen LogP contribution in [0.5, 0.6) is 0 Å². The van der Waals surface area contributed by atoms with E-state index in [2.05, 4.69) is 10.6 Å². The summed E-state index contributed by atoms with van der Waals surface area (Å²) in [5.41, 5.74) is 1.12.